The highest BCUT2D eigenvalue weighted by Crippen LogP contribution is 2.32. The quantitative estimate of drug-likeness (QED) is 0.907. The number of benzene rings is 1. The molecule has 0 fully saturated rings. The molecule has 1 N–H and O–H groups in total. The van der Waals surface area contributed by atoms with E-state index >= 15 is 0 Å². The van der Waals surface area contributed by atoms with Gasteiger partial charge in [-0.2, -0.15) is 13.2 Å². The van der Waals surface area contributed by atoms with E-state index in [4.69, 9.17) is 16.7 Å². The van der Waals surface area contributed by atoms with Crippen molar-refractivity contribution in [3.8, 4) is 11.3 Å². The maximum atomic E-state index is 12.6. The average molecular weight is 302 g/mol. The number of carboxylic acids is 1. The second-order valence-corrected chi connectivity index (χ2v) is 4.32. The number of nitrogens with zero attached hydrogens (tertiary/aromatic N) is 1. The molecule has 0 aliphatic carbocycles. The Kier molecular flexibility index (Phi) is 3.67. The molecule has 20 heavy (non-hydrogen) atoms. The number of pyridine rings is 1. The van der Waals surface area contributed by atoms with Crippen molar-refractivity contribution in [3.05, 3.63) is 52.7 Å². The lowest BCUT2D eigenvalue weighted by atomic mass is 10.1. The Hall–Kier alpha value is -2.08. The molecule has 0 aliphatic heterocycles. The Labute approximate surface area is 116 Å². The summed E-state index contributed by atoms with van der Waals surface area (Å²) in [6, 6.07) is 7.13. The molecule has 0 aliphatic rings. The number of aromatic carboxylic acids is 1. The smallest absolute Gasteiger partial charge is 0.416 e. The number of hydrogen-bond donors (Lipinski definition) is 1. The lowest BCUT2D eigenvalue weighted by Crippen LogP contribution is -2.05. The van der Waals surface area contributed by atoms with Gasteiger partial charge in [0.1, 0.15) is 0 Å². The van der Waals surface area contributed by atoms with Crippen molar-refractivity contribution in [1.82, 2.24) is 4.98 Å². The predicted molar refractivity (Wildman–Crippen MR) is 66.6 cm³/mol. The van der Waals surface area contributed by atoms with Crippen LogP contribution < -0.4 is 0 Å². The minimum Gasteiger partial charge on any atom is -0.476 e. The fourth-order valence-electron chi connectivity index (χ4n) is 1.61. The van der Waals surface area contributed by atoms with Gasteiger partial charge in [-0.15, -0.1) is 0 Å². The minimum atomic E-state index is -4.47. The number of hydrogen-bond acceptors (Lipinski definition) is 2. The first-order valence-electron chi connectivity index (χ1n) is 5.36. The van der Waals surface area contributed by atoms with Gasteiger partial charge in [0.15, 0.2) is 5.69 Å². The molecule has 2 aromatic rings. The summed E-state index contributed by atoms with van der Waals surface area (Å²) in [4.78, 5) is 14.7. The Bertz CT molecular complexity index is 671. The number of carboxylic acid groups (broad SMARTS) is 1. The van der Waals surface area contributed by atoms with E-state index < -0.39 is 23.4 Å². The van der Waals surface area contributed by atoms with Crippen LogP contribution >= 0.6 is 11.6 Å². The van der Waals surface area contributed by atoms with Crippen molar-refractivity contribution < 1.29 is 23.1 Å². The Balaban J connectivity index is 2.52. The Morgan fingerprint density at radius 3 is 2.50 bits per heavy atom. The predicted octanol–water partition coefficient (Wildman–Crippen LogP) is 4.12. The summed E-state index contributed by atoms with van der Waals surface area (Å²) in [7, 11) is 0. The summed E-state index contributed by atoms with van der Waals surface area (Å²) in [5.41, 5.74) is -0.956. The van der Waals surface area contributed by atoms with Gasteiger partial charge in [-0.1, -0.05) is 23.7 Å². The van der Waals surface area contributed by atoms with Crippen LogP contribution in [-0.4, -0.2) is 16.1 Å². The average Bonchev–Trinajstić information content (AvgIpc) is 2.38. The summed E-state index contributed by atoms with van der Waals surface area (Å²) < 4.78 is 37.9. The zero-order valence-electron chi connectivity index (χ0n) is 9.78. The SMILES string of the molecule is O=C(O)c1nc(-c2cccc(C(F)(F)F)c2)ccc1Cl. The molecule has 1 heterocycles. The molecule has 0 spiro atoms. The fourth-order valence-corrected chi connectivity index (χ4v) is 1.79. The molecule has 0 unspecified atom stereocenters. The molecule has 0 saturated carbocycles. The fraction of sp³-hybridized carbons (Fsp3) is 0.0769. The second kappa shape index (κ2) is 5.13. The van der Waals surface area contributed by atoms with Crippen LogP contribution in [0.2, 0.25) is 5.02 Å². The summed E-state index contributed by atoms with van der Waals surface area (Å²) in [6.07, 6.45) is -4.47. The van der Waals surface area contributed by atoms with Gasteiger partial charge >= 0.3 is 12.1 Å². The first-order chi connectivity index (χ1) is 9.29. The summed E-state index contributed by atoms with van der Waals surface area (Å²) >= 11 is 5.66. The molecule has 1 aromatic carbocycles. The van der Waals surface area contributed by atoms with Crippen LogP contribution in [0.15, 0.2) is 36.4 Å². The highest BCUT2D eigenvalue weighted by molar-refractivity contribution is 6.33. The molecule has 104 valence electrons. The molecule has 1 aromatic heterocycles. The Morgan fingerprint density at radius 1 is 1.20 bits per heavy atom. The molecule has 0 saturated heterocycles. The number of rotatable bonds is 2. The third-order valence-corrected chi connectivity index (χ3v) is 2.84. The standard InChI is InChI=1S/C13H7ClF3NO2/c14-9-4-5-10(18-11(9)12(19)20)7-2-1-3-8(6-7)13(15,16)17/h1-6H,(H,19,20). The zero-order chi connectivity index (χ0) is 14.9. The van der Waals surface area contributed by atoms with Crippen LogP contribution in [0.3, 0.4) is 0 Å². The highest BCUT2D eigenvalue weighted by atomic mass is 35.5. The second-order valence-electron chi connectivity index (χ2n) is 3.91. The molecule has 0 radical (unpaired) electrons. The van der Waals surface area contributed by atoms with Gasteiger partial charge in [-0.25, -0.2) is 9.78 Å². The van der Waals surface area contributed by atoms with E-state index in [0.29, 0.717) is 0 Å². The van der Waals surface area contributed by atoms with Crippen LogP contribution in [-0.2, 0) is 6.18 Å². The number of alkyl halides is 3. The van der Waals surface area contributed by atoms with E-state index in [9.17, 15) is 18.0 Å². The van der Waals surface area contributed by atoms with Crippen LogP contribution in [0, 0.1) is 0 Å². The molecular weight excluding hydrogens is 295 g/mol. The molecule has 2 rings (SSSR count). The van der Waals surface area contributed by atoms with Crippen LogP contribution in [0.25, 0.3) is 11.3 Å². The zero-order valence-corrected chi connectivity index (χ0v) is 10.5. The molecule has 7 heteroatoms. The lowest BCUT2D eigenvalue weighted by molar-refractivity contribution is -0.137. The molecule has 0 atom stereocenters. The maximum absolute atomic E-state index is 12.6. The monoisotopic (exact) mass is 301 g/mol. The first-order valence-corrected chi connectivity index (χ1v) is 5.74. The number of carbonyl (C=O) groups is 1. The topological polar surface area (TPSA) is 50.2 Å². The van der Waals surface area contributed by atoms with Crippen molar-refractivity contribution in [2.24, 2.45) is 0 Å². The minimum absolute atomic E-state index is 0.0757. The Morgan fingerprint density at radius 2 is 1.90 bits per heavy atom. The van der Waals surface area contributed by atoms with Crippen molar-refractivity contribution in [3.63, 3.8) is 0 Å². The highest BCUT2D eigenvalue weighted by Gasteiger charge is 2.30. The molecular formula is C13H7ClF3NO2. The van der Waals surface area contributed by atoms with Gasteiger partial charge in [-0.3, -0.25) is 0 Å². The lowest BCUT2D eigenvalue weighted by Gasteiger charge is -2.09. The third-order valence-electron chi connectivity index (χ3n) is 2.53. The molecule has 0 bridgehead atoms. The van der Waals surface area contributed by atoms with E-state index in [1.807, 2.05) is 0 Å². The van der Waals surface area contributed by atoms with Crippen molar-refractivity contribution >= 4 is 17.6 Å². The van der Waals surface area contributed by atoms with Gasteiger partial charge in [0.2, 0.25) is 0 Å². The van der Waals surface area contributed by atoms with Gasteiger partial charge in [0.25, 0.3) is 0 Å². The van der Waals surface area contributed by atoms with Crippen molar-refractivity contribution in [2.45, 2.75) is 6.18 Å². The van der Waals surface area contributed by atoms with E-state index in [-0.39, 0.29) is 16.3 Å². The van der Waals surface area contributed by atoms with Gasteiger partial charge in [0.05, 0.1) is 16.3 Å². The van der Waals surface area contributed by atoms with Crippen LogP contribution in [0.5, 0.6) is 0 Å². The molecule has 0 amide bonds. The largest absolute Gasteiger partial charge is 0.476 e. The molecule has 3 nitrogen and oxygen atoms in total. The van der Waals surface area contributed by atoms with E-state index in [1.165, 1.54) is 24.3 Å². The van der Waals surface area contributed by atoms with Crippen LogP contribution in [0.4, 0.5) is 13.2 Å². The number of aromatic nitrogens is 1. The van der Waals surface area contributed by atoms with E-state index in [0.717, 1.165) is 12.1 Å². The summed E-state index contributed by atoms with van der Waals surface area (Å²) in [6.45, 7) is 0. The van der Waals surface area contributed by atoms with Gasteiger partial charge in [-0.05, 0) is 24.3 Å². The summed E-state index contributed by atoms with van der Waals surface area (Å²) in [5, 5.41) is 8.82. The summed E-state index contributed by atoms with van der Waals surface area (Å²) in [5.74, 6) is -1.34. The number of halogens is 4. The van der Waals surface area contributed by atoms with Crippen molar-refractivity contribution in [1.29, 1.82) is 0 Å². The first kappa shape index (κ1) is 14.3. The maximum Gasteiger partial charge on any atom is 0.416 e. The van der Waals surface area contributed by atoms with Crippen LogP contribution in [0.1, 0.15) is 16.1 Å². The van der Waals surface area contributed by atoms with Gasteiger partial charge < -0.3 is 5.11 Å². The third kappa shape index (κ3) is 2.91. The van der Waals surface area contributed by atoms with E-state index in [1.54, 1.807) is 0 Å². The normalized spacial score (nSPS) is 11.4. The van der Waals surface area contributed by atoms with E-state index in [2.05, 4.69) is 4.98 Å². The van der Waals surface area contributed by atoms with Crippen molar-refractivity contribution in [2.75, 3.05) is 0 Å². The van der Waals surface area contributed by atoms with Gasteiger partial charge in [0, 0.05) is 5.56 Å².